The van der Waals surface area contributed by atoms with Crippen LogP contribution < -0.4 is 21.1 Å². The summed E-state index contributed by atoms with van der Waals surface area (Å²) in [5, 5.41) is 30.1. The van der Waals surface area contributed by atoms with E-state index in [1.54, 1.807) is 54.6 Å². The number of carboxylic acid groups (broad SMARTS) is 1. The molecule has 0 saturated heterocycles. The summed E-state index contributed by atoms with van der Waals surface area (Å²) in [6.45, 7) is 0.469. The first kappa shape index (κ1) is 34.6. The normalized spacial score (nSPS) is 12.1. The number of benzene rings is 3. The molecule has 0 heterocycles. The molecule has 0 aliphatic heterocycles. The van der Waals surface area contributed by atoms with Gasteiger partial charge in [0.05, 0.1) is 12.4 Å². The van der Waals surface area contributed by atoms with Gasteiger partial charge >= 0.3 is 0 Å². The zero-order valence-electron chi connectivity index (χ0n) is 23.7. The van der Waals surface area contributed by atoms with Gasteiger partial charge in [0.1, 0.15) is 17.9 Å². The number of aliphatic carboxylic acids is 1. The van der Waals surface area contributed by atoms with E-state index in [-0.39, 0.29) is 24.6 Å². The van der Waals surface area contributed by atoms with Gasteiger partial charge in [-0.25, -0.2) is 13.1 Å². The number of aliphatic hydroxyl groups excluding tert-OH is 1. The summed E-state index contributed by atoms with van der Waals surface area (Å²) < 4.78 is 27.5. The molecule has 0 spiro atoms. The number of nitrogens with one attached hydrogen (secondary N) is 4. The van der Waals surface area contributed by atoms with Crippen LogP contribution in [0.1, 0.15) is 35.6 Å². The van der Waals surface area contributed by atoms with Crippen LogP contribution in [0, 0.1) is 5.41 Å². The smallest absolute Gasteiger partial charge is 0.300 e. The molecule has 2 atom stereocenters. The lowest BCUT2D eigenvalue weighted by molar-refractivity contribution is -0.134. The first-order valence-electron chi connectivity index (χ1n) is 13.3. The number of sulfonamides is 1. The molecule has 8 N–H and O–H groups in total. The predicted molar refractivity (Wildman–Crippen MR) is 162 cm³/mol. The van der Waals surface area contributed by atoms with Crippen LogP contribution in [0.3, 0.4) is 0 Å². The van der Waals surface area contributed by atoms with E-state index in [9.17, 15) is 23.1 Å². The number of aliphatic hydroxyl groups is 1. The van der Waals surface area contributed by atoms with Crippen LogP contribution >= 0.6 is 0 Å². The number of amides is 2. The Hall–Kier alpha value is -4.59. The Bertz CT molecular complexity index is 1450. The van der Waals surface area contributed by atoms with Gasteiger partial charge in [-0.2, -0.15) is 0 Å². The maximum atomic E-state index is 13.1. The van der Waals surface area contributed by atoms with Gasteiger partial charge in [0, 0.05) is 19.0 Å². The number of rotatable bonds is 14. The van der Waals surface area contributed by atoms with E-state index in [1.807, 2.05) is 30.3 Å². The summed E-state index contributed by atoms with van der Waals surface area (Å²) in [6.07, 6.45) is 0.732. The summed E-state index contributed by atoms with van der Waals surface area (Å²) >= 11 is 0. The van der Waals surface area contributed by atoms with E-state index >= 15 is 0 Å². The molecular weight excluding hydrogens is 574 g/mol. The summed E-state index contributed by atoms with van der Waals surface area (Å²) in [6, 6.07) is 22.2. The summed E-state index contributed by atoms with van der Waals surface area (Å²) in [7, 11) is -3.95. The Morgan fingerprint density at radius 2 is 1.37 bits per heavy atom. The minimum atomic E-state index is -3.95. The number of aryl methyl sites for hydroxylation is 1. The molecule has 43 heavy (non-hydrogen) atoms. The van der Waals surface area contributed by atoms with Gasteiger partial charge in [0.15, 0.2) is 0 Å². The molecule has 0 unspecified atom stereocenters. The molecule has 230 valence electrons. The van der Waals surface area contributed by atoms with Crippen molar-refractivity contribution in [2.45, 2.75) is 44.1 Å². The summed E-state index contributed by atoms with van der Waals surface area (Å²) in [5.41, 5.74) is 8.29. The molecule has 13 heteroatoms. The minimum absolute atomic E-state index is 0.0629. The minimum Gasteiger partial charge on any atom is -0.481 e. The molecule has 3 aromatic carbocycles. The third-order valence-corrected chi connectivity index (χ3v) is 7.31. The fraction of sp³-hybridized carbons (Fsp3) is 0.267. The van der Waals surface area contributed by atoms with Gasteiger partial charge in [-0.15, -0.1) is 0 Å². The standard InChI is InChI=1S/C28H33N5O5S.C2H4O2/c29-26(30)23-14-11-21(12-15-23)17-31-27(35)24(16-13-20-7-3-1-4-8-20)32-28(36)25(18-34)33-39(37,38)19-22-9-5-2-6-10-22;1-2(3)4/h1-12,14-15,24-25,33-34H,13,16-19H2,(H3,29,30)(H,31,35)(H,32,36);1H3,(H,3,4)/t24-,25+;/m0./s1. The monoisotopic (exact) mass is 611 g/mol. The Kier molecular flexibility index (Phi) is 14.0. The van der Waals surface area contributed by atoms with Crippen LogP contribution in [-0.4, -0.2) is 60.9 Å². The van der Waals surface area contributed by atoms with Crippen LogP contribution in [0.15, 0.2) is 84.9 Å². The Labute approximate surface area is 250 Å². The second kappa shape index (κ2) is 17.4. The number of hydrogen-bond donors (Lipinski definition) is 7. The molecule has 0 aliphatic rings. The zero-order chi connectivity index (χ0) is 31.8. The van der Waals surface area contributed by atoms with Crippen molar-refractivity contribution >= 4 is 33.6 Å². The average Bonchev–Trinajstić information content (AvgIpc) is 2.97. The third-order valence-electron chi connectivity index (χ3n) is 5.95. The van der Waals surface area contributed by atoms with Crippen LogP contribution in [0.4, 0.5) is 0 Å². The van der Waals surface area contributed by atoms with Crippen molar-refractivity contribution in [1.82, 2.24) is 15.4 Å². The van der Waals surface area contributed by atoms with E-state index in [4.69, 9.17) is 21.0 Å². The lowest BCUT2D eigenvalue weighted by Gasteiger charge is -2.22. The van der Waals surface area contributed by atoms with E-state index < -0.39 is 46.5 Å². The van der Waals surface area contributed by atoms with Crippen LogP contribution in [0.2, 0.25) is 0 Å². The maximum Gasteiger partial charge on any atom is 0.300 e. The predicted octanol–water partition coefficient (Wildman–Crippen LogP) is 1.28. The first-order chi connectivity index (χ1) is 20.4. The van der Waals surface area contributed by atoms with Gasteiger partial charge in [-0.3, -0.25) is 19.8 Å². The van der Waals surface area contributed by atoms with Gasteiger partial charge in [0.2, 0.25) is 21.8 Å². The number of hydrogen-bond acceptors (Lipinski definition) is 7. The fourth-order valence-electron chi connectivity index (χ4n) is 3.84. The molecule has 3 rings (SSSR count). The molecule has 0 saturated carbocycles. The van der Waals surface area contributed by atoms with Crippen molar-refractivity contribution in [2.75, 3.05) is 6.61 Å². The lowest BCUT2D eigenvalue weighted by Crippen LogP contribution is -2.55. The van der Waals surface area contributed by atoms with Crippen molar-refractivity contribution in [3.63, 3.8) is 0 Å². The largest absolute Gasteiger partial charge is 0.481 e. The number of carbonyl (C=O) groups is 3. The third kappa shape index (κ3) is 13.3. The van der Waals surface area contributed by atoms with Gasteiger partial charge in [-0.1, -0.05) is 84.9 Å². The summed E-state index contributed by atoms with van der Waals surface area (Å²) in [4.78, 5) is 35.1. The molecule has 12 nitrogen and oxygen atoms in total. The van der Waals surface area contributed by atoms with Crippen molar-refractivity contribution in [3.05, 3.63) is 107 Å². The quantitative estimate of drug-likeness (QED) is 0.104. The molecule has 0 fully saturated rings. The molecule has 2 amide bonds. The van der Waals surface area contributed by atoms with E-state index in [1.165, 1.54) is 0 Å². The zero-order valence-corrected chi connectivity index (χ0v) is 24.5. The van der Waals surface area contributed by atoms with Crippen LogP contribution in [-0.2, 0) is 43.1 Å². The van der Waals surface area contributed by atoms with Crippen molar-refractivity contribution in [1.29, 1.82) is 5.41 Å². The van der Waals surface area contributed by atoms with E-state index in [2.05, 4.69) is 15.4 Å². The number of nitrogens with two attached hydrogens (primary N) is 1. The van der Waals surface area contributed by atoms with Gasteiger partial charge in [0.25, 0.3) is 5.97 Å². The van der Waals surface area contributed by atoms with Crippen molar-refractivity contribution in [2.24, 2.45) is 5.73 Å². The average molecular weight is 612 g/mol. The molecule has 0 bridgehead atoms. The molecule has 3 aromatic rings. The Morgan fingerprint density at radius 3 is 1.88 bits per heavy atom. The molecule has 0 aliphatic carbocycles. The lowest BCUT2D eigenvalue weighted by atomic mass is 10.0. The van der Waals surface area contributed by atoms with Crippen molar-refractivity contribution < 1.29 is 33.0 Å². The van der Waals surface area contributed by atoms with E-state index in [0.717, 1.165) is 18.1 Å². The Morgan fingerprint density at radius 1 is 0.837 bits per heavy atom. The van der Waals surface area contributed by atoms with Gasteiger partial charge in [-0.05, 0) is 29.5 Å². The fourth-order valence-corrected chi connectivity index (χ4v) is 5.17. The SMILES string of the molecule is CC(=O)O.N=C(N)c1ccc(CNC(=O)[C@H](CCc2ccccc2)NC(=O)[C@@H](CO)NS(=O)(=O)Cc2ccccc2)cc1. The second-order valence-electron chi connectivity index (χ2n) is 9.53. The second-order valence-corrected chi connectivity index (χ2v) is 11.3. The highest BCUT2D eigenvalue weighted by atomic mass is 32.2. The highest BCUT2D eigenvalue weighted by Crippen LogP contribution is 2.09. The first-order valence-corrected chi connectivity index (χ1v) is 14.9. The Balaban J connectivity index is 0.00000151. The van der Waals surface area contributed by atoms with E-state index in [0.29, 0.717) is 17.5 Å². The number of carbonyl (C=O) groups excluding carboxylic acids is 2. The maximum absolute atomic E-state index is 13.1. The van der Waals surface area contributed by atoms with Crippen LogP contribution in [0.25, 0.3) is 0 Å². The highest BCUT2D eigenvalue weighted by Gasteiger charge is 2.28. The number of nitrogen functional groups attached to an aromatic ring is 1. The molecular formula is C30H37N5O7S. The highest BCUT2D eigenvalue weighted by molar-refractivity contribution is 7.88. The summed E-state index contributed by atoms with van der Waals surface area (Å²) in [5.74, 6) is -2.53. The topological polar surface area (TPSA) is 212 Å². The molecule has 0 aromatic heterocycles. The van der Waals surface area contributed by atoms with Crippen LogP contribution in [0.5, 0.6) is 0 Å². The van der Waals surface area contributed by atoms with Gasteiger partial charge < -0.3 is 26.6 Å². The van der Waals surface area contributed by atoms with Crippen molar-refractivity contribution in [3.8, 4) is 0 Å². The number of carboxylic acids is 1. The number of amidine groups is 1. The molecule has 0 radical (unpaired) electrons.